The van der Waals surface area contributed by atoms with Crippen molar-refractivity contribution in [3.8, 4) is 16.9 Å². The summed E-state index contributed by atoms with van der Waals surface area (Å²) in [5, 5.41) is 0. The van der Waals surface area contributed by atoms with Crippen LogP contribution in [-0.4, -0.2) is 5.97 Å². The van der Waals surface area contributed by atoms with Crippen molar-refractivity contribution in [3.05, 3.63) is 53.6 Å². The molecular formula is C19H20O2. The maximum absolute atomic E-state index is 12.0. The number of hydrogen-bond acceptors (Lipinski definition) is 2. The smallest absolute Gasteiger partial charge is 0.314 e. The summed E-state index contributed by atoms with van der Waals surface area (Å²) in [7, 11) is 0. The van der Waals surface area contributed by atoms with Gasteiger partial charge < -0.3 is 4.74 Å². The molecule has 0 bridgehead atoms. The Kier molecular flexibility index (Phi) is 3.54. The third-order valence-corrected chi connectivity index (χ3v) is 4.17. The molecule has 0 spiro atoms. The van der Waals surface area contributed by atoms with Crippen LogP contribution in [0, 0.1) is 18.8 Å². The molecule has 1 unspecified atom stereocenters. The average molecular weight is 280 g/mol. The fourth-order valence-electron chi connectivity index (χ4n) is 2.85. The zero-order chi connectivity index (χ0) is 15.0. The maximum Gasteiger partial charge on any atom is 0.314 e. The lowest BCUT2D eigenvalue weighted by atomic mass is 9.86. The number of fused-ring (bicyclic) bond motifs is 1. The summed E-state index contributed by atoms with van der Waals surface area (Å²) in [4.78, 5) is 12.0. The number of esters is 1. The summed E-state index contributed by atoms with van der Waals surface area (Å²) in [5.41, 5.74) is 4.76. The van der Waals surface area contributed by atoms with E-state index in [0.717, 1.165) is 12.0 Å². The second kappa shape index (κ2) is 5.36. The third kappa shape index (κ3) is 2.71. The third-order valence-electron chi connectivity index (χ3n) is 4.17. The Morgan fingerprint density at radius 2 is 1.86 bits per heavy atom. The Hall–Kier alpha value is -2.09. The molecule has 0 aromatic heterocycles. The minimum atomic E-state index is -0.0965. The Morgan fingerprint density at radius 1 is 1.10 bits per heavy atom. The molecule has 0 saturated carbocycles. The largest absolute Gasteiger partial charge is 0.426 e. The molecule has 0 radical (unpaired) electrons. The van der Waals surface area contributed by atoms with Crippen LogP contribution in [0.4, 0.5) is 0 Å². The fraction of sp³-hybridized carbons (Fsp3) is 0.316. The molecule has 0 N–H and O–H groups in total. The van der Waals surface area contributed by atoms with Crippen molar-refractivity contribution in [3.63, 3.8) is 0 Å². The van der Waals surface area contributed by atoms with Crippen LogP contribution in [0.25, 0.3) is 11.1 Å². The Labute approximate surface area is 125 Å². The summed E-state index contributed by atoms with van der Waals surface area (Å²) >= 11 is 0. The van der Waals surface area contributed by atoms with Crippen LogP contribution in [0.5, 0.6) is 5.75 Å². The van der Waals surface area contributed by atoms with E-state index in [1.807, 2.05) is 12.1 Å². The molecule has 1 aliphatic heterocycles. The van der Waals surface area contributed by atoms with Gasteiger partial charge in [-0.1, -0.05) is 49.7 Å². The molecule has 0 saturated heterocycles. The van der Waals surface area contributed by atoms with E-state index in [4.69, 9.17) is 4.74 Å². The number of hydrogen-bond donors (Lipinski definition) is 0. The Bertz CT molecular complexity index is 686. The molecule has 1 atom stereocenters. The number of ether oxygens (including phenoxy) is 1. The van der Waals surface area contributed by atoms with Crippen LogP contribution in [0.2, 0.25) is 0 Å². The lowest BCUT2D eigenvalue weighted by Crippen LogP contribution is -2.31. The van der Waals surface area contributed by atoms with Gasteiger partial charge in [0, 0.05) is 0 Å². The van der Waals surface area contributed by atoms with Crippen LogP contribution in [0.15, 0.2) is 42.5 Å². The van der Waals surface area contributed by atoms with Gasteiger partial charge in [0.25, 0.3) is 0 Å². The van der Waals surface area contributed by atoms with Gasteiger partial charge in [-0.3, -0.25) is 4.79 Å². The zero-order valence-corrected chi connectivity index (χ0v) is 12.7. The van der Waals surface area contributed by atoms with Gasteiger partial charge >= 0.3 is 5.97 Å². The van der Waals surface area contributed by atoms with E-state index >= 15 is 0 Å². The van der Waals surface area contributed by atoms with Crippen molar-refractivity contribution >= 4 is 5.97 Å². The molecule has 2 aromatic rings. The van der Waals surface area contributed by atoms with Gasteiger partial charge in [0.1, 0.15) is 5.75 Å². The van der Waals surface area contributed by atoms with Crippen LogP contribution in [0.1, 0.15) is 25.0 Å². The molecule has 2 nitrogen and oxygen atoms in total. The highest BCUT2D eigenvalue weighted by Crippen LogP contribution is 2.34. The Morgan fingerprint density at radius 3 is 2.57 bits per heavy atom. The van der Waals surface area contributed by atoms with E-state index in [2.05, 4.69) is 51.1 Å². The van der Waals surface area contributed by atoms with Crippen molar-refractivity contribution in [2.75, 3.05) is 0 Å². The van der Waals surface area contributed by atoms with Crippen molar-refractivity contribution in [1.82, 2.24) is 0 Å². The highest BCUT2D eigenvalue weighted by Gasteiger charge is 2.30. The quantitative estimate of drug-likeness (QED) is 0.602. The highest BCUT2D eigenvalue weighted by atomic mass is 16.5. The minimum Gasteiger partial charge on any atom is -0.426 e. The maximum atomic E-state index is 12.0. The minimum absolute atomic E-state index is 0.0368. The molecule has 108 valence electrons. The van der Waals surface area contributed by atoms with Gasteiger partial charge in [0.05, 0.1) is 5.92 Å². The molecule has 3 rings (SSSR count). The number of carbonyl (C=O) groups excluding carboxylic acids is 1. The van der Waals surface area contributed by atoms with Crippen LogP contribution >= 0.6 is 0 Å². The highest BCUT2D eigenvalue weighted by molar-refractivity contribution is 5.79. The second-order valence-corrected chi connectivity index (χ2v) is 6.17. The Balaban J connectivity index is 1.98. The van der Waals surface area contributed by atoms with Crippen LogP contribution in [0.3, 0.4) is 0 Å². The van der Waals surface area contributed by atoms with E-state index < -0.39 is 0 Å². The molecule has 2 heteroatoms. The number of carbonyl (C=O) groups is 1. The van der Waals surface area contributed by atoms with Crippen molar-refractivity contribution < 1.29 is 9.53 Å². The van der Waals surface area contributed by atoms with Gasteiger partial charge in [0.15, 0.2) is 0 Å². The lowest BCUT2D eigenvalue weighted by Gasteiger charge is -2.26. The monoisotopic (exact) mass is 280 g/mol. The molecular weight excluding hydrogens is 260 g/mol. The average Bonchev–Trinajstić information content (AvgIpc) is 2.46. The van der Waals surface area contributed by atoms with Gasteiger partial charge in [-0.15, -0.1) is 0 Å². The second-order valence-electron chi connectivity index (χ2n) is 6.17. The van der Waals surface area contributed by atoms with Gasteiger partial charge in [-0.2, -0.15) is 0 Å². The first-order chi connectivity index (χ1) is 10.0. The van der Waals surface area contributed by atoms with Crippen LogP contribution < -0.4 is 4.74 Å². The fourth-order valence-corrected chi connectivity index (χ4v) is 2.85. The molecule has 21 heavy (non-hydrogen) atoms. The predicted molar refractivity (Wildman–Crippen MR) is 84.3 cm³/mol. The van der Waals surface area contributed by atoms with Gasteiger partial charge in [-0.25, -0.2) is 0 Å². The van der Waals surface area contributed by atoms with E-state index in [1.165, 1.54) is 16.7 Å². The SMILES string of the molecule is Cc1cccc(-c2ccc3c(c2)CC(C(C)C)C(=O)O3)c1. The lowest BCUT2D eigenvalue weighted by molar-refractivity contribution is -0.141. The first-order valence-electron chi connectivity index (χ1n) is 7.46. The van der Waals surface area contributed by atoms with E-state index in [9.17, 15) is 4.79 Å². The van der Waals surface area contributed by atoms with Crippen LogP contribution in [-0.2, 0) is 11.2 Å². The summed E-state index contributed by atoms with van der Waals surface area (Å²) < 4.78 is 5.48. The van der Waals surface area contributed by atoms with Gasteiger partial charge in [-0.05, 0) is 48.1 Å². The molecule has 0 amide bonds. The number of benzene rings is 2. The first-order valence-corrected chi connectivity index (χ1v) is 7.46. The summed E-state index contributed by atoms with van der Waals surface area (Å²) in [6.45, 7) is 6.24. The topological polar surface area (TPSA) is 26.3 Å². The van der Waals surface area contributed by atoms with Crippen molar-refractivity contribution in [1.29, 1.82) is 0 Å². The summed E-state index contributed by atoms with van der Waals surface area (Å²) in [6.07, 6.45) is 0.769. The molecule has 0 fully saturated rings. The van der Waals surface area contributed by atoms with E-state index in [0.29, 0.717) is 11.7 Å². The summed E-state index contributed by atoms with van der Waals surface area (Å²) in [5.74, 6) is 0.882. The zero-order valence-electron chi connectivity index (χ0n) is 12.7. The van der Waals surface area contributed by atoms with Crippen molar-refractivity contribution in [2.24, 2.45) is 11.8 Å². The first kappa shape index (κ1) is 13.9. The predicted octanol–water partition coefficient (Wildman–Crippen LogP) is 4.40. The number of rotatable bonds is 2. The van der Waals surface area contributed by atoms with Gasteiger partial charge in [0.2, 0.25) is 0 Å². The normalized spacial score (nSPS) is 17.5. The number of aryl methyl sites for hydroxylation is 1. The standard InChI is InChI=1S/C19H20O2/c1-12(2)17-11-16-10-15(7-8-18(16)21-19(17)20)14-6-4-5-13(3)9-14/h4-10,12,17H,11H2,1-3H3. The molecule has 1 aliphatic rings. The van der Waals surface area contributed by atoms with E-state index in [-0.39, 0.29) is 11.9 Å². The van der Waals surface area contributed by atoms with Crippen molar-refractivity contribution in [2.45, 2.75) is 27.2 Å². The molecule has 0 aliphatic carbocycles. The molecule has 2 aromatic carbocycles. The summed E-state index contributed by atoms with van der Waals surface area (Å²) in [6, 6.07) is 14.6. The van der Waals surface area contributed by atoms with E-state index in [1.54, 1.807) is 0 Å². The molecule has 1 heterocycles.